The molecular weight excluding hydrogens is 641 g/mol. The highest BCUT2D eigenvalue weighted by atomic mass is 16.5. The zero-order chi connectivity index (χ0) is 37.6. The Labute approximate surface area is 323 Å². The summed E-state index contributed by atoms with van der Waals surface area (Å²) in [7, 11) is 0. The first-order valence-electron chi connectivity index (χ1n) is 22.8. The van der Waals surface area contributed by atoms with Crippen molar-refractivity contribution in [3.63, 3.8) is 0 Å². The Kier molecular flexibility index (Phi) is 34.3. The molecule has 0 spiro atoms. The van der Waals surface area contributed by atoms with E-state index < -0.39 is 5.97 Å². The van der Waals surface area contributed by atoms with Crippen molar-refractivity contribution in [1.82, 2.24) is 0 Å². The number of esters is 2. The third-order valence-corrected chi connectivity index (χ3v) is 10.5. The maximum absolute atomic E-state index is 13.5. The lowest BCUT2D eigenvalue weighted by atomic mass is 10.0. The molecule has 0 aliphatic carbocycles. The molecule has 0 aliphatic rings. The smallest absolute Gasteiger partial charge is 0.339 e. The molecule has 1 aromatic carbocycles. The molecule has 0 radical (unpaired) electrons. The Hall–Kier alpha value is -2.10. The normalized spacial score (nSPS) is 12.1. The first-order valence-corrected chi connectivity index (χ1v) is 22.8. The Morgan fingerprint density at radius 2 is 0.808 bits per heavy atom. The fourth-order valence-electron chi connectivity index (χ4n) is 7.10. The van der Waals surface area contributed by atoms with Crippen LogP contribution in [0.25, 0.3) is 0 Å². The number of hydrogen-bond acceptors (Lipinski definition) is 4. The highest BCUT2D eigenvalue weighted by Gasteiger charge is 2.22. The maximum Gasteiger partial charge on any atom is 0.339 e. The van der Waals surface area contributed by atoms with Gasteiger partial charge in [0.25, 0.3) is 0 Å². The summed E-state index contributed by atoms with van der Waals surface area (Å²) < 4.78 is 11.7. The summed E-state index contributed by atoms with van der Waals surface area (Å²) in [5, 5.41) is 0. The predicted octanol–water partition coefficient (Wildman–Crippen LogP) is 15.9. The van der Waals surface area contributed by atoms with Gasteiger partial charge >= 0.3 is 11.9 Å². The van der Waals surface area contributed by atoms with E-state index in [1.165, 1.54) is 161 Å². The molecule has 1 aromatic rings. The number of ether oxygens (including phenoxy) is 2. The van der Waals surface area contributed by atoms with Crippen LogP contribution in [0.4, 0.5) is 0 Å². The van der Waals surface area contributed by atoms with Crippen LogP contribution in [0.5, 0.6) is 0 Å². The van der Waals surface area contributed by atoms with Crippen LogP contribution in [-0.2, 0) is 9.47 Å². The van der Waals surface area contributed by atoms with Crippen LogP contribution in [0.1, 0.15) is 253 Å². The SMILES string of the molecule is CCCCCCCC/C=C\CCCCCCCCC(CCCCCCCCCCCCCCC)OC(=O)c1ccccc1C(=O)OCCCCCC. The van der Waals surface area contributed by atoms with E-state index in [9.17, 15) is 9.59 Å². The number of benzene rings is 1. The van der Waals surface area contributed by atoms with Gasteiger partial charge in [-0.1, -0.05) is 199 Å². The van der Waals surface area contributed by atoms with Crippen LogP contribution in [0.15, 0.2) is 36.4 Å². The lowest BCUT2D eigenvalue weighted by Gasteiger charge is -2.19. The molecular formula is C48H84O4. The summed E-state index contributed by atoms with van der Waals surface area (Å²) in [6, 6.07) is 7.00. The van der Waals surface area contributed by atoms with Gasteiger partial charge in [0.05, 0.1) is 17.7 Å². The Bertz CT molecular complexity index is 969. The van der Waals surface area contributed by atoms with Crippen molar-refractivity contribution in [1.29, 1.82) is 0 Å². The fourth-order valence-corrected chi connectivity index (χ4v) is 7.10. The number of allylic oxidation sites excluding steroid dienone is 2. The first kappa shape index (κ1) is 47.9. The minimum Gasteiger partial charge on any atom is -0.462 e. The van der Waals surface area contributed by atoms with Gasteiger partial charge in [-0.25, -0.2) is 9.59 Å². The maximum atomic E-state index is 13.5. The average molecular weight is 725 g/mol. The van der Waals surface area contributed by atoms with Gasteiger partial charge < -0.3 is 9.47 Å². The van der Waals surface area contributed by atoms with E-state index >= 15 is 0 Å². The third-order valence-electron chi connectivity index (χ3n) is 10.5. The lowest BCUT2D eigenvalue weighted by Crippen LogP contribution is -2.21. The average Bonchev–Trinajstić information content (AvgIpc) is 3.16. The summed E-state index contributed by atoms with van der Waals surface area (Å²) in [6.07, 6.45) is 46.0. The molecule has 4 heteroatoms. The molecule has 52 heavy (non-hydrogen) atoms. The van der Waals surface area contributed by atoms with Crippen molar-refractivity contribution in [3.8, 4) is 0 Å². The van der Waals surface area contributed by atoms with Gasteiger partial charge in [0, 0.05) is 0 Å². The molecule has 0 saturated heterocycles. The minimum absolute atomic E-state index is 0.102. The summed E-state index contributed by atoms with van der Waals surface area (Å²) in [6.45, 7) is 7.11. The van der Waals surface area contributed by atoms with Crippen LogP contribution >= 0.6 is 0 Å². The van der Waals surface area contributed by atoms with Crippen molar-refractivity contribution in [3.05, 3.63) is 47.5 Å². The summed E-state index contributed by atoms with van der Waals surface area (Å²) >= 11 is 0. The third kappa shape index (κ3) is 28.4. The molecule has 0 bridgehead atoms. The van der Waals surface area contributed by atoms with E-state index in [0.29, 0.717) is 17.7 Å². The second kappa shape index (κ2) is 37.2. The number of hydrogen-bond donors (Lipinski definition) is 0. The molecule has 0 aromatic heterocycles. The van der Waals surface area contributed by atoms with E-state index in [1.54, 1.807) is 18.2 Å². The molecule has 4 nitrogen and oxygen atoms in total. The van der Waals surface area contributed by atoms with Crippen LogP contribution < -0.4 is 0 Å². The molecule has 0 aliphatic heterocycles. The van der Waals surface area contributed by atoms with Crippen molar-refractivity contribution in [2.45, 2.75) is 239 Å². The highest BCUT2D eigenvalue weighted by molar-refractivity contribution is 6.03. The fraction of sp³-hybridized carbons (Fsp3) is 0.792. The standard InChI is InChI=1S/C48H84O4/c1-4-7-10-13-15-17-19-21-22-23-25-27-29-31-33-35-40-44(39-34-32-30-28-26-24-20-18-16-14-11-8-5-2)52-48(50)46-42-37-36-41-45(46)47(49)51-43-38-12-9-6-3/h21-22,36-37,41-42,44H,4-20,23-35,38-40,43H2,1-3H3/b22-21-. The number of carbonyl (C=O) groups excluding carboxylic acids is 2. The quantitative estimate of drug-likeness (QED) is 0.0387. The zero-order valence-corrected chi connectivity index (χ0v) is 34.7. The Morgan fingerprint density at radius 3 is 1.23 bits per heavy atom. The predicted molar refractivity (Wildman–Crippen MR) is 224 cm³/mol. The van der Waals surface area contributed by atoms with E-state index in [0.717, 1.165) is 51.4 Å². The summed E-state index contributed by atoms with van der Waals surface area (Å²) in [4.78, 5) is 26.4. The van der Waals surface area contributed by atoms with E-state index in [1.807, 2.05) is 6.07 Å². The molecule has 1 rings (SSSR count). The van der Waals surface area contributed by atoms with Gasteiger partial charge in [-0.15, -0.1) is 0 Å². The van der Waals surface area contributed by atoms with Gasteiger partial charge in [-0.3, -0.25) is 0 Å². The van der Waals surface area contributed by atoms with Gasteiger partial charge in [0.15, 0.2) is 0 Å². The van der Waals surface area contributed by atoms with E-state index in [4.69, 9.17) is 9.47 Å². The molecule has 0 N–H and O–H groups in total. The van der Waals surface area contributed by atoms with E-state index in [-0.39, 0.29) is 12.1 Å². The summed E-state index contributed by atoms with van der Waals surface area (Å²) in [5.41, 5.74) is 0.650. The van der Waals surface area contributed by atoms with Crippen molar-refractivity contribution in [2.75, 3.05) is 6.61 Å². The lowest BCUT2D eigenvalue weighted by molar-refractivity contribution is 0.0240. The number of carbonyl (C=O) groups is 2. The van der Waals surface area contributed by atoms with Gasteiger partial charge in [0.1, 0.15) is 6.10 Å². The first-order chi connectivity index (χ1) is 25.6. The van der Waals surface area contributed by atoms with Crippen molar-refractivity contribution < 1.29 is 19.1 Å². The van der Waals surface area contributed by atoms with Gasteiger partial charge in [-0.05, 0) is 69.9 Å². The van der Waals surface area contributed by atoms with Crippen molar-refractivity contribution >= 4 is 11.9 Å². The number of unbranched alkanes of at least 4 members (excludes halogenated alkanes) is 27. The monoisotopic (exact) mass is 725 g/mol. The molecule has 0 heterocycles. The Balaban J connectivity index is 2.45. The highest BCUT2D eigenvalue weighted by Crippen LogP contribution is 2.21. The Morgan fingerprint density at radius 1 is 0.462 bits per heavy atom. The van der Waals surface area contributed by atoms with Crippen LogP contribution in [0.2, 0.25) is 0 Å². The topological polar surface area (TPSA) is 52.6 Å². The molecule has 1 unspecified atom stereocenters. The van der Waals surface area contributed by atoms with Crippen LogP contribution in [0, 0.1) is 0 Å². The molecule has 1 atom stereocenters. The number of rotatable bonds is 38. The van der Waals surface area contributed by atoms with Crippen LogP contribution in [0.3, 0.4) is 0 Å². The largest absolute Gasteiger partial charge is 0.462 e. The van der Waals surface area contributed by atoms with Gasteiger partial charge in [-0.2, -0.15) is 0 Å². The second-order valence-electron chi connectivity index (χ2n) is 15.5. The molecule has 0 fully saturated rings. The second-order valence-corrected chi connectivity index (χ2v) is 15.5. The molecule has 0 amide bonds. The molecule has 300 valence electrons. The minimum atomic E-state index is -0.426. The summed E-state index contributed by atoms with van der Waals surface area (Å²) in [5.74, 6) is -0.812. The van der Waals surface area contributed by atoms with Crippen LogP contribution in [-0.4, -0.2) is 24.6 Å². The molecule has 0 saturated carbocycles. The zero-order valence-electron chi connectivity index (χ0n) is 34.7. The van der Waals surface area contributed by atoms with Gasteiger partial charge in [0.2, 0.25) is 0 Å². The van der Waals surface area contributed by atoms with E-state index in [2.05, 4.69) is 32.9 Å². The van der Waals surface area contributed by atoms with Crippen molar-refractivity contribution in [2.24, 2.45) is 0 Å².